The van der Waals surface area contributed by atoms with E-state index in [1.165, 1.54) is 5.56 Å². The molecule has 5 heteroatoms. The average Bonchev–Trinajstić information content (AvgIpc) is 2.88. The monoisotopic (exact) mass is 346 g/mol. The summed E-state index contributed by atoms with van der Waals surface area (Å²) in [5, 5.41) is 2.89. The van der Waals surface area contributed by atoms with Crippen LogP contribution < -0.4 is 5.32 Å². The fraction of sp³-hybridized carbons (Fsp3) is 0.250. The molecule has 108 valence electrons. The van der Waals surface area contributed by atoms with E-state index in [1.807, 2.05) is 30.3 Å². The van der Waals surface area contributed by atoms with E-state index in [-0.39, 0.29) is 12.6 Å². The van der Waals surface area contributed by atoms with Crippen LogP contribution in [0.15, 0.2) is 47.1 Å². The molecule has 1 atom stereocenters. The number of carbonyl (C=O) groups excluding carboxylic acids is 1. The van der Waals surface area contributed by atoms with Crippen molar-refractivity contribution in [3.8, 4) is 0 Å². The predicted molar refractivity (Wildman–Crippen MR) is 82.8 cm³/mol. The first-order valence-electron chi connectivity index (χ1n) is 6.84. The average molecular weight is 347 g/mol. The number of nitrogens with zero attached hydrogens (tertiary/aromatic N) is 1. The van der Waals surface area contributed by atoms with E-state index in [4.69, 9.17) is 4.74 Å². The van der Waals surface area contributed by atoms with Crippen molar-refractivity contribution >= 4 is 22.0 Å². The first-order chi connectivity index (χ1) is 10.2. The van der Waals surface area contributed by atoms with Crippen LogP contribution in [0.2, 0.25) is 0 Å². The number of amides is 1. The molecule has 21 heavy (non-hydrogen) atoms. The summed E-state index contributed by atoms with van der Waals surface area (Å²) in [5.41, 5.74) is 3.09. The molecule has 0 fully saturated rings. The molecule has 0 saturated heterocycles. The number of aromatic nitrogens is 1. The highest BCUT2D eigenvalue weighted by Crippen LogP contribution is 2.30. The van der Waals surface area contributed by atoms with Gasteiger partial charge >= 0.3 is 6.09 Å². The summed E-state index contributed by atoms with van der Waals surface area (Å²) in [6.07, 6.45) is 3.14. The Bertz CT molecular complexity index is 646. The smallest absolute Gasteiger partial charge is 0.408 e. The third-order valence-electron chi connectivity index (χ3n) is 3.51. The Labute approximate surface area is 131 Å². The number of rotatable bonds is 3. The molecule has 1 N–H and O–H groups in total. The maximum atomic E-state index is 11.9. The van der Waals surface area contributed by atoms with E-state index < -0.39 is 6.09 Å². The molecule has 1 aromatic heterocycles. The number of ether oxygens (including phenoxy) is 1. The molecule has 0 radical (unpaired) electrons. The number of hydrogen-bond acceptors (Lipinski definition) is 3. The highest BCUT2D eigenvalue weighted by Gasteiger charge is 2.26. The molecule has 1 aliphatic rings. The van der Waals surface area contributed by atoms with Crippen LogP contribution in [0.1, 0.15) is 29.3 Å². The van der Waals surface area contributed by atoms with Gasteiger partial charge < -0.3 is 10.1 Å². The van der Waals surface area contributed by atoms with Crippen molar-refractivity contribution in [2.75, 3.05) is 0 Å². The number of alkyl carbamates (subject to hydrolysis) is 1. The lowest BCUT2D eigenvalue weighted by atomic mass is 10.2. The summed E-state index contributed by atoms with van der Waals surface area (Å²) in [6.45, 7) is 0.278. The Morgan fingerprint density at radius 2 is 2.19 bits per heavy atom. The second-order valence-corrected chi connectivity index (χ2v) is 5.91. The van der Waals surface area contributed by atoms with Crippen molar-refractivity contribution in [2.24, 2.45) is 0 Å². The van der Waals surface area contributed by atoms with E-state index >= 15 is 0 Å². The molecule has 1 unspecified atom stereocenters. The molecule has 0 saturated carbocycles. The normalized spacial score (nSPS) is 16.3. The lowest BCUT2D eigenvalue weighted by Crippen LogP contribution is -2.28. The quantitative estimate of drug-likeness (QED) is 0.920. The summed E-state index contributed by atoms with van der Waals surface area (Å²) in [5.74, 6) is 0. The maximum Gasteiger partial charge on any atom is 0.408 e. The van der Waals surface area contributed by atoms with Crippen LogP contribution in [0.3, 0.4) is 0 Å². The van der Waals surface area contributed by atoms with E-state index in [9.17, 15) is 4.79 Å². The van der Waals surface area contributed by atoms with Gasteiger partial charge in [0.05, 0.1) is 11.7 Å². The molecule has 1 aromatic carbocycles. The molecule has 4 nitrogen and oxygen atoms in total. The Morgan fingerprint density at radius 1 is 1.38 bits per heavy atom. The Morgan fingerprint density at radius 3 is 3.00 bits per heavy atom. The minimum Gasteiger partial charge on any atom is -0.445 e. The summed E-state index contributed by atoms with van der Waals surface area (Å²) in [7, 11) is 0. The van der Waals surface area contributed by atoms with Gasteiger partial charge in [0.1, 0.15) is 6.61 Å². The van der Waals surface area contributed by atoms with Crippen LogP contribution in [0.4, 0.5) is 4.79 Å². The molecular weight excluding hydrogens is 332 g/mol. The van der Waals surface area contributed by atoms with Gasteiger partial charge in [-0.05, 0) is 46.0 Å². The molecule has 2 aromatic rings. The second kappa shape index (κ2) is 6.26. The minimum absolute atomic E-state index is 0.0589. The third kappa shape index (κ3) is 3.42. The molecule has 0 spiro atoms. The number of fused-ring (bicyclic) bond motifs is 1. The summed E-state index contributed by atoms with van der Waals surface area (Å²) in [6, 6.07) is 11.6. The predicted octanol–water partition coefficient (Wildman–Crippen LogP) is 3.76. The van der Waals surface area contributed by atoms with Gasteiger partial charge in [0.15, 0.2) is 0 Å². The Hall–Kier alpha value is -1.88. The summed E-state index contributed by atoms with van der Waals surface area (Å²) < 4.78 is 6.21. The Kier molecular flexibility index (Phi) is 4.20. The zero-order valence-corrected chi connectivity index (χ0v) is 13.0. The molecular formula is C16H15BrN2O2. The number of hydrogen-bond donors (Lipinski definition) is 1. The number of nitrogens with one attached hydrogen (secondary N) is 1. The van der Waals surface area contributed by atoms with Crippen molar-refractivity contribution in [3.63, 3.8) is 0 Å². The summed E-state index contributed by atoms with van der Waals surface area (Å²) in [4.78, 5) is 16.3. The SMILES string of the molecule is O=C(NC1CCc2cc(Br)cnc21)OCc1ccccc1. The van der Waals surface area contributed by atoms with E-state index in [2.05, 4.69) is 32.3 Å². The lowest BCUT2D eigenvalue weighted by molar-refractivity contribution is 0.135. The fourth-order valence-corrected chi connectivity index (χ4v) is 2.87. The van der Waals surface area contributed by atoms with Crippen LogP contribution >= 0.6 is 15.9 Å². The number of benzene rings is 1. The maximum absolute atomic E-state index is 11.9. The van der Waals surface area contributed by atoms with Gasteiger partial charge in [-0.3, -0.25) is 4.98 Å². The lowest BCUT2D eigenvalue weighted by Gasteiger charge is -2.13. The molecule has 1 heterocycles. The molecule has 0 bridgehead atoms. The number of pyridine rings is 1. The minimum atomic E-state index is -0.401. The second-order valence-electron chi connectivity index (χ2n) is 5.00. The first-order valence-corrected chi connectivity index (χ1v) is 7.63. The van der Waals surface area contributed by atoms with E-state index in [0.29, 0.717) is 0 Å². The topological polar surface area (TPSA) is 51.2 Å². The highest BCUT2D eigenvalue weighted by molar-refractivity contribution is 9.10. The van der Waals surface area contributed by atoms with Crippen LogP contribution in [-0.4, -0.2) is 11.1 Å². The zero-order chi connectivity index (χ0) is 14.7. The van der Waals surface area contributed by atoms with Crippen molar-refractivity contribution in [2.45, 2.75) is 25.5 Å². The fourth-order valence-electron chi connectivity index (χ4n) is 2.49. The van der Waals surface area contributed by atoms with Crippen LogP contribution in [0.5, 0.6) is 0 Å². The Balaban J connectivity index is 1.57. The van der Waals surface area contributed by atoms with Crippen LogP contribution in [0, 0.1) is 0 Å². The van der Waals surface area contributed by atoms with Gasteiger partial charge in [0.25, 0.3) is 0 Å². The third-order valence-corrected chi connectivity index (χ3v) is 3.94. The van der Waals surface area contributed by atoms with E-state index in [1.54, 1.807) is 6.20 Å². The van der Waals surface area contributed by atoms with Crippen molar-refractivity contribution in [1.82, 2.24) is 10.3 Å². The molecule has 0 aliphatic heterocycles. The molecule has 3 rings (SSSR count). The van der Waals surface area contributed by atoms with Gasteiger partial charge in [-0.25, -0.2) is 4.79 Å². The van der Waals surface area contributed by atoms with Gasteiger partial charge in [0, 0.05) is 10.7 Å². The molecule has 1 aliphatic carbocycles. The van der Waals surface area contributed by atoms with Crippen molar-refractivity contribution in [1.29, 1.82) is 0 Å². The number of aryl methyl sites for hydroxylation is 1. The van der Waals surface area contributed by atoms with Gasteiger partial charge in [-0.15, -0.1) is 0 Å². The van der Waals surface area contributed by atoms with Gasteiger partial charge in [-0.2, -0.15) is 0 Å². The standard InChI is InChI=1S/C16H15BrN2O2/c17-13-8-12-6-7-14(15(12)18-9-13)19-16(20)21-10-11-4-2-1-3-5-11/h1-5,8-9,14H,6-7,10H2,(H,19,20). The van der Waals surface area contributed by atoms with E-state index in [0.717, 1.165) is 28.6 Å². The van der Waals surface area contributed by atoms with Crippen molar-refractivity contribution in [3.05, 3.63) is 63.9 Å². The van der Waals surface area contributed by atoms with Crippen LogP contribution in [0.25, 0.3) is 0 Å². The van der Waals surface area contributed by atoms with Gasteiger partial charge in [0.2, 0.25) is 0 Å². The highest BCUT2D eigenvalue weighted by atomic mass is 79.9. The summed E-state index contributed by atoms with van der Waals surface area (Å²) >= 11 is 3.41. The first kappa shape index (κ1) is 14.1. The molecule has 1 amide bonds. The van der Waals surface area contributed by atoms with Gasteiger partial charge in [-0.1, -0.05) is 30.3 Å². The largest absolute Gasteiger partial charge is 0.445 e. The number of carbonyl (C=O) groups is 1. The zero-order valence-electron chi connectivity index (χ0n) is 11.4. The van der Waals surface area contributed by atoms with Crippen LogP contribution in [-0.2, 0) is 17.8 Å². The van der Waals surface area contributed by atoms with Crippen molar-refractivity contribution < 1.29 is 9.53 Å². The number of halogens is 1.